The van der Waals surface area contributed by atoms with Crippen LogP contribution in [0.3, 0.4) is 0 Å². The molecule has 2 N–H and O–H groups in total. The van der Waals surface area contributed by atoms with Crippen LogP contribution >= 0.6 is 0 Å². The molecule has 1 rings (SSSR count). The van der Waals surface area contributed by atoms with Crippen molar-refractivity contribution in [3.05, 3.63) is 0 Å². The number of ether oxygens (including phenoxy) is 1. The van der Waals surface area contributed by atoms with Crippen LogP contribution in [0, 0.1) is 17.8 Å². The summed E-state index contributed by atoms with van der Waals surface area (Å²) in [5.74, 6) is -0.728. The van der Waals surface area contributed by atoms with Crippen LogP contribution in [-0.4, -0.2) is 36.7 Å². The number of carboxylic acids is 1. The summed E-state index contributed by atoms with van der Waals surface area (Å²) >= 11 is 0. The first-order chi connectivity index (χ1) is 9.00. The molecule has 1 aliphatic rings. The van der Waals surface area contributed by atoms with Crippen LogP contribution in [0.1, 0.15) is 39.5 Å². The molecule has 2 atom stereocenters. The van der Waals surface area contributed by atoms with Gasteiger partial charge in [-0.05, 0) is 31.6 Å². The van der Waals surface area contributed by atoms with E-state index in [0.717, 1.165) is 13.0 Å². The zero-order valence-corrected chi connectivity index (χ0v) is 11.9. The van der Waals surface area contributed by atoms with Crippen LogP contribution in [-0.2, 0) is 14.3 Å². The van der Waals surface area contributed by atoms with Crippen LogP contribution in [0.2, 0.25) is 0 Å². The van der Waals surface area contributed by atoms with E-state index in [1.54, 1.807) is 0 Å². The Balaban J connectivity index is 2.07. The molecule has 0 aliphatic heterocycles. The first-order valence-corrected chi connectivity index (χ1v) is 7.09. The molecule has 0 aromatic heterocycles. The average molecular weight is 271 g/mol. The summed E-state index contributed by atoms with van der Waals surface area (Å²) in [4.78, 5) is 22.6. The van der Waals surface area contributed by atoms with Crippen LogP contribution in [0.15, 0.2) is 0 Å². The van der Waals surface area contributed by atoms with Crippen molar-refractivity contribution in [1.29, 1.82) is 0 Å². The second kappa shape index (κ2) is 8.15. The van der Waals surface area contributed by atoms with Gasteiger partial charge in [-0.25, -0.2) is 0 Å². The van der Waals surface area contributed by atoms with E-state index in [2.05, 4.69) is 19.2 Å². The number of amides is 1. The zero-order chi connectivity index (χ0) is 14.3. The molecule has 0 spiro atoms. The van der Waals surface area contributed by atoms with E-state index in [1.165, 1.54) is 0 Å². The van der Waals surface area contributed by atoms with Gasteiger partial charge >= 0.3 is 5.97 Å². The Morgan fingerprint density at radius 2 is 2.00 bits per heavy atom. The molecule has 0 aromatic rings. The quantitative estimate of drug-likeness (QED) is 0.658. The van der Waals surface area contributed by atoms with Crippen LogP contribution in [0.5, 0.6) is 0 Å². The number of aliphatic carboxylic acids is 1. The molecule has 0 bridgehead atoms. The Labute approximate surface area is 114 Å². The second-order valence-corrected chi connectivity index (χ2v) is 5.66. The predicted octanol–water partition coefficient (Wildman–Crippen LogP) is 1.67. The van der Waals surface area contributed by atoms with Crippen molar-refractivity contribution in [3.8, 4) is 0 Å². The molecule has 5 nitrogen and oxygen atoms in total. The van der Waals surface area contributed by atoms with Crippen molar-refractivity contribution < 1.29 is 19.4 Å². The van der Waals surface area contributed by atoms with Gasteiger partial charge in [0.25, 0.3) is 0 Å². The highest BCUT2D eigenvalue weighted by atomic mass is 16.5. The van der Waals surface area contributed by atoms with Gasteiger partial charge in [-0.2, -0.15) is 0 Å². The maximum Gasteiger partial charge on any atom is 0.306 e. The van der Waals surface area contributed by atoms with E-state index in [0.29, 0.717) is 38.3 Å². The van der Waals surface area contributed by atoms with Gasteiger partial charge in [-0.1, -0.05) is 13.8 Å². The zero-order valence-electron chi connectivity index (χ0n) is 11.9. The molecular formula is C14H25NO4. The summed E-state index contributed by atoms with van der Waals surface area (Å²) in [5.41, 5.74) is 0. The Bertz CT molecular complexity index is 304. The van der Waals surface area contributed by atoms with Gasteiger partial charge in [0.05, 0.1) is 5.92 Å². The lowest BCUT2D eigenvalue weighted by atomic mass is 10.0. The van der Waals surface area contributed by atoms with Crippen molar-refractivity contribution in [2.45, 2.75) is 39.5 Å². The van der Waals surface area contributed by atoms with Crippen molar-refractivity contribution in [2.75, 3.05) is 19.8 Å². The Morgan fingerprint density at radius 1 is 1.32 bits per heavy atom. The number of nitrogens with one attached hydrogen (secondary N) is 1. The molecule has 1 aliphatic carbocycles. The molecule has 0 saturated heterocycles. The monoisotopic (exact) mass is 271 g/mol. The highest BCUT2D eigenvalue weighted by Crippen LogP contribution is 2.30. The molecule has 110 valence electrons. The fraction of sp³-hybridized carbons (Fsp3) is 0.857. The lowest BCUT2D eigenvalue weighted by Crippen LogP contribution is -2.31. The number of carbonyl (C=O) groups is 2. The summed E-state index contributed by atoms with van der Waals surface area (Å²) in [7, 11) is 0. The molecule has 0 unspecified atom stereocenters. The van der Waals surface area contributed by atoms with Crippen LogP contribution in [0.25, 0.3) is 0 Å². The third kappa shape index (κ3) is 6.05. The molecule has 0 aromatic carbocycles. The molecular weight excluding hydrogens is 246 g/mol. The van der Waals surface area contributed by atoms with E-state index < -0.39 is 5.97 Å². The highest BCUT2D eigenvalue weighted by Gasteiger charge is 2.33. The standard InChI is InChI=1S/C14H25NO4/c1-10(2)9-19-7-3-6-15-13(16)11-4-5-12(8-11)14(17)18/h10-12H,3-9H2,1-2H3,(H,15,16)(H,17,18)/t11-,12+/m1/s1. The first-order valence-electron chi connectivity index (χ1n) is 7.09. The predicted molar refractivity (Wildman–Crippen MR) is 71.8 cm³/mol. The first kappa shape index (κ1) is 16.0. The second-order valence-electron chi connectivity index (χ2n) is 5.66. The number of hydrogen-bond donors (Lipinski definition) is 2. The molecule has 5 heteroatoms. The molecule has 1 fully saturated rings. The molecule has 1 amide bonds. The Morgan fingerprint density at radius 3 is 2.58 bits per heavy atom. The molecule has 1 saturated carbocycles. The smallest absolute Gasteiger partial charge is 0.306 e. The van der Waals surface area contributed by atoms with Gasteiger partial charge in [-0.15, -0.1) is 0 Å². The van der Waals surface area contributed by atoms with E-state index in [4.69, 9.17) is 9.84 Å². The number of carboxylic acid groups (broad SMARTS) is 1. The third-order valence-electron chi connectivity index (χ3n) is 3.37. The minimum absolute atomic E-state index is 0.00684. The van der Waals surface area contributed by atoms with E-state index >= 15 is 0 Å². The van der Waals surface area contributed by atoms with Crippen molar-refractivity contribution in [1.82, 2.24) is 5.32 Å². The normalized spacial score (nSPS) is 22.7. The minimum Gasteiger partial charge on any atom is -0.481 e. The van der Waals surface area contributed by atoms with Gasteiger partial charge in [-0.3, -0.25) is 9.59 Å². The Hall–Kier alpha value is -1.10. The average Bonchev–Trinajstić information content (AvgIpc) is 2.82. The number of carbonyl (C=O) groups excluding carboxylic acids is 1. The summed E-state index contributed by atoms with van der Waals surface area (Å²) in [6, 6.07) is 0. The fourth-order valence-electron chi connectivity index (χ4n) is 2.29. The molecule has 19 heavy (non-hydrogen) atoms. The largest absolute Gasteiger partial charge is 0.481 e. The number of hydrogen-bond acceptors (Lipinski definition) is 3. The van der Waals surface area contributed by atoms with Gasteiger partial charge < -0.3 is 15.2 Å². The number of rotatable bonds is 8. The van der Waals surface area contributed by atoms with E-state index in [-0.39, 0.29) is 17.7 Å². The van der Waals surface area contributed by atoms with E-state index in [9.17, 15) is 9.59 Å². The molecule has 0 radical (unpaired) electrons. The summed E-state index contributed by atoms with van der Waals surface area (Å²) in [6.45, 7) is 6.20. The maximum atomic E-state index is 11.8. The van der Waals surface area contributed by atoms with Gasteiger partial charge in [0, 0.05) is 25.7 Å². The van der Waals surface area contributed by atoms with Gasteiger partial charge in [0.2, 0.25) is 5.91 Å². The van der Waals surface area contributed by atoms with E-state index in [1.807, 2.05) is 0 Å². The Kier molecular flexibility index (Phi) is 6.84. The van der Waals surface area contributed by atoms with Crippen molar-refractivity contribution >= 4 is 11.9 Å². The van der Waals surface area contributed by atoms with Crippen LogP contribution in [0.4, 0.5) is 0 Å². The van der Waals surface area contributed by atoms with Crippen molar-refractivity contribution in [3.63, 3.8) is 0 Å². The fourth-order valence-corrected chi connectivity index (χ4v) is 2.29. The SMILES string of the molecule is CC(C)COCCCNC(=O)[C@@H]1CC[C@H](C(=O)O)C1. The van der Waals surface area contributed by atoms with Crippen LogP contribution < -0.4 is 5.32 Å². The lowest BCUT2D eigenvalue weighted by Gasteiger charge is -2.11. The molecule has 0 heterocycles. The topological polar surface area (TPSA) is 75.6 Å². The van der Waals surface area contributed by atoms with Crippen molar-refractivity contribution in [2.24, 2.45) is 17.8 Å². The minimum atomic E-state index is -0.780. The van der Waals surface area contributed by atoms with Gasteiger partial charge in [0.1, 0.15) is 0 Å². The summed E-state index contributed by atoms with van der Waals surface area (Å²) < 4.78 is 5.42. The van der Waals surface area contributed by atoms with Gasteiger partial charge in [0.15, 0.2) is 0 Å². The summed E-state index contributed by atoms with van der Waals surface area (Å²) in [5, 5.41) is 11.7. The third-order valence-corrected chi connectivity index (χ3v) is 3.37. The summed E-state index contributed by atoms with van der Waals surface area (Å²) in [6.07, 6.45) is 2.58. The highest BCUT2D eigenvalue weighted by molar-refractivity contribution is 5.80. The maximum absolute atomic E-state index is 11.8. The lowest BCUT2D eigenvalue weighted by molar-refractivity contribution is -0.141.